The molecular weight excluding hydrogens is 1350 g/mol. The van der Waals surface area contributed by atoms with Crippen molar-refractivity contribution in [2.24, 2.45) is 0 Å². The highest BCUT2D eigenvalue weighted by Gasteiger charge is 2.39. The van der Waals surface area contributed by atoms with E-state index in [2.05, 4.69) is 27.0 Å². The van der Waals surface area contributed by atoms with Gasteiger partial charge in [-0.1, -0.05) is 185 Å². The van der Waals surface area contributed by atoms with Crippen molar-refractivity contribution in [2.45, 2.75) is 88.5 Å². The van der Waals surface area contributed by atoms with Crippen molar-refractivity contribution in [1.82, 2.24) is 0 Å². The minimum Gasteiger partial charge on any atom is -0.386 e. The van der Waals surface area contributed by atoms with Crippen molar-refractivity contribution in [2.75, 3.05) is 0 Å². The summed E-state index contributed by atoms with van der Waals surface area (Å²) < 4.78 is 127. The molecule has 522 valence electrons. The Morgan fingerprint density at radius 2 is 0.495 bits per heavy atom. The van der Waals surface area contributed by atoms with Crippen molar-refractivity contribution in [3.05, 3.63) is 335 Å². The molecule has 10 aromatic rings. The number of allylic oxidation sites excluding steroid dienone is 4. The summed E-state index contributed by atoms with van der Waals surface area (Å²) in [6.45, 7) is 30.4. The van der Waals surface area contributed by atoms with Crippen LogP contribution in [0, 0.1) is 27.7 Å². The van der Waals surface area contributed by atoms with Crippen LogP contribution in [0.5, 0.6) is 57.5 Å². The van der Waals surface area contributed by atoms with Gasteiger partial charge >= 0.3 is 31.3 Å². The molecule has 0 aromatic heterocycles. The fourth-order valence-electron chi connectivity index (χ4n) is 10.2. The molecule has 101 heavy (non-hydrogen) atoms. The van der Waals surface area contributed by atoms with Gasteiger partial charge in [-0.05, 0) is 233 Å². The highest BCUT2D eigenvalue weighted by molar-refractivity contribution is 7.50. The number of para-hydroxylation sites is 6. The number of rotatable bonds is 29. The summed E-state index contributed by atoms with van der Waals surface area (Å²) in [5.41, 5.74) is 9.00. The molecule has 0 aliphatic rings. The van der Waals surface area contributed by atoms with E-state index in [1.165, 1.54) is 0 Å². The van der Waals surface area contributed by atoms with Crippen LogP contribution in [0.4, 0.5) is 0 Å². The second-order valence-electron chi connectivity index (χ2n) is 24.5. The molecule has 0 bridgehead atoms. The second kappa shape index (κ2) is 33.2. The Kier molecular flexibility index (Phi) is 24.6. The lowest BCUT2D eigenvalue weighted by Gasteiger charge is -2.27. The lowest BCUT2D eigenvalue weighted by atomic mass is 9.78. The molecule has 16 nitrogen and oxygen atoms in total. The molecule has 0 aliphatic carbocycles. The number of benzene rings is 10. The lowest BCUT2D eigenvalue weighted by molar-refractivity contribution is 0.256. The fourth-order valence-corrected chi connectivity index (χ4v) is 15.8. The number of phosphoric acid groups is 4. The van der Waals surface area contributed by atoms with Gasteiger partial charge < -0.3 is 54.3 Å². The molecule has 2 atom stereocenters. The first-order valence-electron chi connectivity index (χ1n) is 32.2. The molecule has 0 saturated carbocycles. The average Bonchev–Trinajstić information content (AvgIpc) is 0.803. The maximum atomic E-state index is 14.3. The van der Waals surface area contributed by atoms with E-state index < -0.39 is 36.7 Å². The molecule has 0 N–H and O–H groups in total. The summed E-state index contributed by atoms with van der Waals surface area (Å²) in [6.07, 6.45) is 0. The molecule has 0 radical (unpaired) electrons. The Bertz CT molecular complexity index is 4320. The summed E-state index contributed by atoms with van der Waals surface area (Å²) in [5.74, 6) is 4.11. The quantitative estimate of drug-likeness (QED) is 0.0245. The van der Waals surface area contributed by atoms with Crippen LogP contribution in [0.15, 0.2) is 302 Å². The molecule has 0 heterocycles. The van der Waals surface area contributed by atoms with Gasteiger partial charge in [0.25, 0.3) is 0 Å². The molecule has 10 aromatic carbocycles. The van der Waals surface area contributed by atoms with E-state index in [9.17, 15) is 18.3 Å². The van der Waals surface area contributed by atoms with Crippen molar-refractivity contribution < 1.29 is 72.5 Å². The van der Waals surface area contributed by atoms with Crippen LogP contribution in [0.2, 0.25) is 0 Å². The summed E-state index contributed by atoms with van der Waals surface area (Å²) >= 11 is 0. The first-order chi connectivity index (χ1) is 48.1. The van der Waals surface area contributed by atoms with E-state index in [1.54, 1.807) is 159 Å². The predicted molar refractivity (Wildman–Crippen MR) is 400 cm³/mol. The van der Waals surface area contributed by atoms with Gasteiger partial charge in [-0.15, -0.1) is 0 Å². The SMILES string of the molecule is C=C(C)C(OP(=O)(Oc1ccc(-c2ccc(OP(=O)(OC(C(=C)C)=C(C)C)Oc3c(C)cccc3C)cc2)cc1)Oc1c(C)cccc1C)=C(C)C.CC(C)(c1ccc(OP(=O)(Oc2ccccc2)Oc2ccccc2)cc1)c1ccc(OP(=O)(Oc2ccccc2)Oc2ccccc2)cc1. The first kappa shape index (κ1) is 74.9. The van der Waals surface area contributed by atoms with Crippen LogP contribution in [-0.4, -0.2) is 0 Å². The van der Waals surface area contributed by atoms with Gasteiger partial charge in [0, 0.05) is 5.41 Å². The first-order valence-corrected chi connectivity index (χ1v) is 38.1. The Morgan fingerprint density at radius 1 is 0.277 bits per heavy atom. The Hall–Kier alpha value is -10.3. The summed E-state index contributed by atoms with van der Waals surface area (Å²) in [7, 11) is -16.7. The molecular formula is C81H82O16P4. The van der Waals surface area contributed by atoms with Gasteiger partial charge in [0.15, 0.2) is 0 Å². The second-order valence-corrected chi connectivity index (χ2v) is 30.3. The molecule has 0 amide bonds. The highest BCUT2D eigenvalue weighted by atomic mass is 31.2. The number of hydrogen-bond acceptors (Lipinski definition) is 16. The van der Waals surface area contributed by atoms with Crippen molar-refractivity contribution >= 4 is 31.3 Å². The van der Waals surface area contributed by atoms with Crippen molar-refractivity contribution in [3.8, 4) is 68.6 Å². The summed E-state index contributed by atoms with van der Waals surface area (Å²) in [5, 5.41) is 0. The predicted octanol–water partition coefficient (Wildman–Crippen LogP) is 24.8. The van der Waals surface area contributed by atoms with Crippen molar-refractivity contribution in [1.29, 1.82) is 0 Å². The average molecular weight is 1440 g/mol. The van der Waals surface area contributed by atoms with Crippen molar-refractivity contribution in [3.63, 3.8) is 0 Å². The lowest BCUT2D eigenvalue weighted by Crippen LogP contribution is -2.18. The Balaban J connectivity index is 0.000000236. The van der Waals surface area contributed by atoms with Gasteiger partial charge in [-0.3, -0.25) is 0 Å². The van der Waals surface area contributed by atoms with Gasteiger partial charge in [0.05, 0.1) is 0 Å². The number of hydrogen-bond donors (Lipinski definition) is 0. The molecule has 2 unspecified atom stereocenters. The van der Waals surface area contributed by atoms with Crippen LogP contribution in [-0.2, 0) is 32.7 Å². The normalized spacial score (nSPS) is 12.4. The standard InChI is InChI=1S/C42H48O8P2.C39H34O8P2/c1-27(2)39(28(3)4)47-51(43,49-41-31(9)15-13-16-32(41)10)45-37-23-19-35(20-24-37)36-21-25-38(26-22-36)46-52(44,48-40(29(5)6)30(7)8)50-42-33(11)17-14-18-34(42)12;1-39(2,31-23-27-37(28-24-31)46-48(40,42-33-15-7-3-8-16-33)43-34-17-9-4-10-18-34)32-25-29-38(30-26-32)47-49(41,44-35-19-11-5-12-20-35)45-36-21-13-6-14-22-36/h13-26H,1,5H2,2-4,6-12H3;3-30H,1-2H3. The molecule has 10 rings (SSSR count). The molecule has 20 heteroatoms. The third-order valence-electron chi connectivity index (χ3n) is 15.2. The van der Waals surface area contributed by atoms with Crippen LogP contribution in [0.3, 0.4) is 0 Å². The van der Waals surface area contributed by atoms with E-state index in [0.29, 0.717) is 68.7 Å². The van der Waals surface area contributed by atoms with Gasteiger partial charge in [0.1, 0.15) is 69.0 Å². The van der Waals surface area contributed by atoms with E-state index in [1.807, 2.05) is 165 Å². The van der Waals surface area contributed by atoms with E-state index in [4.69, 9.17) is 54.3 Å². The zero-order chi connectivity index (χ0) is 72.5. The zero-order valence-corrected chi connectivity index (χ0v) is 62.1. The molecule has 0 fully saturated rings. The van der Waals surface area contributed by atoms with E-state index >= 15 is 0 Å². The maximum Gasteiger partial charge on any atom is 0.647 e. The maximum absolute atomic E-state index is 14.3. The smallest absolute Gasteiger partial charge is 0.386 e. The molecule has 0 aliphatic heterocycles. The number of phosphoric ester groups is 4. The Labute approximate surface area is 592 Å². The van der Waals surface area contributed by atoms with Gasteiger partial charge in [0.2, 0.25) is 0 Å². The fraction of sp³-hybridized carbons (Fsp3) is 0.160. The molecule has 0 spiro atoms. The zero-order valence-electron chi connectivity index (χ0n) is 58.5. The monoisotopic (exact) mass is 1430 g/mol. The van der Waals surface area contributed by atoms with Crippen LogP contribution < -0.4 is 45.2 Å². The minimum absolute atomic E-state index is 0.280. The van der Waals surface area contributed by atoms with E-state index in [-0.39, 0.29) is 11.5 Å². The minimum atomic E-state index is -4.24. The largest absolute Gasteiger partial charge is 0.647 e. The molecule has 0 saturated heterocycles. The van der Waals surface area contributed by atoms with E-state index in [0.717, 1.165) is 55.7 Å². The summed E-state index contributed by atoms with van der Waals surface area (Å²) in [4.78, 5) is 0. The number of aryl methyl sites for hydroxylation is 4. The topological polar surface area (TPSA) is 179 Å². The summed E-state index contributed by atoms with van der Waals surface area (Å²) in [6, 6.07) is 74.7. The third-order valence-corrected chi connectivity index (χ3v) is 20.3. The van der Waals surface area contributed by atoms with Crippen LogP contribution in [0.25, 0.3) is 11.1 Å². The van der Waals surface area contributed by atoms with Gasteiger partial charge in [-0.2, -0.15) is 18.3 Å². The van der Waals surface area contributed by atoms with Crippen LogP contribution >= 0.6 is 31.3 Å². The van der Waals surface area contributed by atoms with Gasteiger partial charge in [-0.25, -0.2) is 0 Å². The Morgan fingerprint density at radius 3 is 0.723 bits per heavy atom. The highest BCUT2D eigenvalue weighted by Crippen LogP contribution is 2.57. The third kappa shape index (κ3) is 20.9. The van der Waals surface area contributed by atoms with Crippen LogP contribution in [0.1, 0.15) is 88.8 Å².